The van der Waals surface area contributed by atoms with Gasteiger partial charge in [-0.15, -0.1) is 0 Å². The van der Waals surface area contributed by atoms with Gasteiger partial charge in [0.2, 0.25) is 5.78 Å². The first-order valence-electron chi connectivity index (χ1n) is 10.7. The Morgan fingerprint density at radius 2 is 1.94 bits per heavy atom. The Labute approximate surface area is 195 Å². The lowest BCUT2D eigenvalue weighted by atomic mass is 10.1. The van der Waals surface area contributed by atoms with Gasteiger partial charge in [-0.25, -0.2) is 4.39 Å². The molecule has 0 aliphatic carbocycles. The highest BCUT2D eigenvalue weighted by molar-refractivity contribution is 6.31. The molecule has 6 heteroatoms. The third-order valence-electron chi connectivity index (χ3n) is 5.92. The average molecular weight is 462 g/mol. The minimum absolute atomic E-state index is 0.0295. The maximum Gasteiger partial charge on any atom is 0.231 e. The molecule has 2 heterocycles. The summed E-state index contributed by atoms with van der Waals surface area (Å²) in [5.74, 6) is 0.628. The molecule has 0 unspecified atom stereocenters. The summed E-state index contributed by atoms with van der Waals surface area (Å²) in [6.45, 7) is 4.69. The van der Waals surface area contributed by atoms with Gasteiger partial charge in [-0.3, -0.25) is 4.79 Å². The first-order valence-corrected chi connectivity index (χ1v) is 11.1. The summed E-state index contributed by atoms with van der Waals surface area (Å²) in [5.41, 5.74) is 3.46. The van der Waals surface area contributed by atoms with Gasteiger partial charge < -0.3 is 14.0 Å². The number of allylic oxidation sites excluding steroid dienone is 1. The molecule has 0 fully saturated rings. The number of aromatic nitrogens is 1. The number of para-hydroxylation sites is 1. The number of fused-ring (bicyclic) bond motifs is 2. The van der Waals surface area contributed by atoms with E-state index in [-0.39, 0.29) is 23.7 Å². The third kappa shape index (κ3) is 3.68. The van der Waals surface area contributed by atoms with Crippen LogP contribution in [0.3, 0.4) is 0 Å². The monoisotopic (exact) mass is 461 g/mol. The van der Waals surface area contributed by atoms with E-state index < -0.39 is 5.82 Å². The maximum absolute atomic E-state index is 14.1. The number of carbonyl (C=O) groups is 1. The number of hydrogen-bond donors (Lipinski definition) is 0. The van der Waals surface area contributed by atoms with Crippen molar-refractivity contribution in [3.63, 3.8) is 0 Å². The second-order valence-corrected chi connectivity index (χ2v) is 8.29. The molecule has 1 aromatic heterocycles. The molecular weight excluding hydrogens is 441 g/mol. The molecule has 33 heavy (non-hydrogen) atoms. The van der Waals surface area contributed by atoms with Crippen molar-refractivity contribution in [2.24, 2.45) is 0 Å². The number of nitrogens with zero attached hydrogens (tertiary/aromatic N) is 1. The first-order chi connectivity index (χ1) is 16.0. The van der Waals surface area contributed by atoms with Crippen molar-refractivity contribution in [3.8, 4) is 11.5 Å². The van der Waals surface area contributed by atoms with E-state index in [4.69, 9.17) is 21.1 Å². The fourth-order valence-electron chi connectivity index (χ4n) is 4.14. The van der Waals surface area contributed by atoms with Crippen LogP contribution in [0.15, 0.2) is 66.6 Å². The Balaban J connectivity index is 1.45. The molecule has 0 N–H and O–H groups in total. The van der Waals surface area contributed by atoms with E-state index >= 15 is 0 Å². The normalized spacial score (nSPS) is 14.1. The first kappa shape index (κ1) is 21.3. The Morgan fingerprint density at radius 3 is 2.73 bits per heavy atom. The van der Waals surface area contributed by atoms with Crippen LogP contribution in [0.5, 0.6) is 11.5 Å². The van der Waals surface area contributed by atoms with E-state index in [1.807, 2.05) is 31.3 Å². The Bertz CT molecular complexity index is 1420. The van der Waals surface area contributed by atoms with Crippen molar-refractivity contribution in [1.29, 1.82) is 0 Å². The van der Waals surface area contributed by atoms with E-state index in [0.717, 1.165) is 23.0 Å². The molecule has 0 saturated carbocycles. The summed E-state index contributed by atoms with van der Waals surface area (Å²) in [5, 5.41) is 1.36. The van der Waals surface area contributed by atoms with Crippen molar-refractivity contribution >= 4 is 34.4 Å². The molecule has 1 aliphatic heterocycles. The number of hydrogen-bond acceptors (Lipinski definition) is 3. The molecule has 1 aliphatic rings. The number of benzene rings is 3. The molecule has 0 bridgehead atoms. The van der Waals surface area contributed by atoms with Crippen LogP contribution in [0.1, 0.15) is 34.0 Å². The zero-order valence-corrected chi connectivity index (χ0v) is 18.9. The molecule has 0 saturated heterocycles. The minimum Gasteiger partial charge on any atom is -0.488 e. The van der Waals surface area contributed by atoms with E-state index in [1.54, 1.807) is 30.3 Å². The van der Waals surface area contributed by atoms with Gasteiger partial charge in [0.15, 0.2) is 5.76 Å². The molecule has 5 rings (SSSR count). The lowest BCUT2D eigenvalue weighted by Crippen LogP contribution is -2.01. The second-order valence-electron chi connectivity index (χ2n) is 7.88. The second kappa shape index (κ2) is 8.41. The van der Waals surface area contributed by atoms with Gasteiger partial charge in [0.05, 0.1) is 10.6 Å². The standard InChI is InChI=1S/C27H21ClFNO3/c1-3-30-14-17(18-7-4-5-10-23(18)30)13-25-26(31)19-11-12-24(16(2)27(19)33-25)32-15-20-21(28)8-6-9-22(20)29/h4-14H,3,15H2,1-2H3/b25-13+. The predicted octanol–water partition coefficient (Wildman–Crippen LogP) is 6.96. The third-order valence-corrected chi connectivity index (χ3v) is 6.27. The van der Waals surface area contributed by atoms with Crippen LogP contribution in [0.25, 0.3) is 17.0 Å². The van der Waals surface area contributed by atoms with Crippen LogP contribution in [0.2, 0.25) is 5.02 Å². The van der Waals surface area contributed by atoms with E-state index in [1.165, 1.54) is 6.07 Å². The zero-order chi connectivity index (χ0) is 23.1. The van der Waals surface area contributed by atoms with E-state index in [9.17, 15) is 9.18 Å². The maximum atomic E-state index is 14.1. The molecule has 166 valence electrons. The zero-order valence-electron chi connectivity index (χ0n) is 18.2. The van der Waals surface area contributed by atoms with Gasteiger partial charge >= 0.3 is 0 Å². The number of Topliss-reactive ketones (excluding diaryl/α,β-unsaturated/α-hetero) is 1. The quantitative estimate of drug-likeness (QED) is 0.302. The van der Waals surface area contributed by atoms with Crippen LogP contribution in [-0.4, -0.2) is 10.4 Å². The van der Waals surface area contributed by atoms with Crippen molar-refractivity contribution in [1.82, 2.24) is 4.57 Å². The van der Waals surface area contributed by atoms with Gasteiger partial charge in [-0.05, 0) is 50.3 Å². The number of aryl methyl sites for hydroxylation is 1. The van der Waals surface area contributed by atoms with Gasteiger partial charge in [0.1, 0.15) is 23.9 Å². The molecule has 0 spiro atoms. The predicted molar refractivity (Wildman–Crippen MR) is 127 cm³/mol. The van der Waals surface area contributed by atoms with Gasteiger partial charge in [0, 0.05) is 40.3 Å². The van der Waals surface area contributed by atoms with E-state index in [0.29, 0.717) is 27.6 Å². The van der Waals surface area contributed by atoms with Gasteiger partial charge in [-0.1, -0.05) is 35.9 Å². The Morgan fingerprint density at radius 1 is 1.12 bits per heavy atom. The summed E-state index contributed by atoms with van der Waals surface area (Å²) in [6, 6.07) is 16.0. The number of carbonyl (C=O) groups excluding carboxylic acids is 1. The van der Waals surface area contributed by atoms with Crippen LogP contribution in [-0.2, 0) is 13.2 Å². The highest BCUT2D eigenvalue weighted by atomic mass is 35.5. The fourth-order valence-corrected chi connectivity index (χ4v) is 4.36. The number of rotatable bonds is 5. The topological polar surface area (TPSA) is 40.5 Å². The summed E-state index contributed by atoms with van der Waals surface area (Å²) in [4.78, 5) is 13.0. The molecule has 0 amide bonds. The van der Waals surface area contributed by atoms with Crippen LogP contribution in [0.4, 0.5) is 4.39 Å². The van der Waals surface area contributed by atoms with Crippen molar-refractivity contribution in [2.45, 2.75) is 27.0 Å². The number of ketones is 1. The highest BCUT2D eigenvalue weighted by Crippen LogP contribution is 2.40. The molecule has 4 nitrogen and oxygen atoms in total. The largest absolute Gasteiger partial charge is 0.488 e. The van der Waals surface area contributed by atoms with Crippen molar-refractivity contribution in [3.05, 3.63) is 99.6 Å². The molecular formula is C27H21ClFNO3. The smallest absolute Gasteiger partial charge is 0.231 e. The fraction of sp³-hybridized carbons (Fsp3) is 0.148. The summed E-state index contributed by atoms with van der Waals surface area (Å²) >= 11 is 6.10. The lowest BCUT2D eigenvalue weighted by Gasteiger charge is -2.12. The van der Waals surface area contributed by atoms with Crippen molar-refractivity contribution < 1.29 is 18.7 Å². The van der Waals surface area contributed by atoms with Crippen LogP contribution in [0, 0.1) is 12.7 Å². The number of halogens is 2. The summed E-state index contributed by atoms with van der Waals surface area (Å²) in [7, 11) is 0. The van der Waals surface area contributed by atoms with Gasteiger partial charge in [-0.2, -0.15) is 0 Å². The van der Waals surface area contributed by atoms with Crippen molar-refractivity contribution in [2.75, 3.05) is 0 Å². The highest BCUT2D eigenvalue weighted by Gasteiger charge is 2.30. The minimum atomic E-state index is -0.427. The van der Waals surface area contributed by atoms with Crippen LogP contribution < -0.4 is 9.47 Å². The Kier molecular flexibility index (Phi) is 5.43. The van der Waals surface area contributed by atoms with Crippen LogP contribution >= 0.6 is 11.6 Å². The average Bonchev–Trinajstić information content (AvgIpc) is 3.33. The van der Waals surface area contributed by atoms with Gasteiger partial charge in [0.25, 0.3) is 0 Å². The summed E-state index contributed by atoms with van der Waals surface area (Å²) in [6.07, 6.45) is 3.81. The summed E-state index contributed by atoms with van der Waals surface area (Å²) < 4.78 is 28.1. The molecule has 4 aromatic rings. The lowest BCUT2D eigenvalue weighted by molar-refractivity contribution is 0.101. The molecule has 3 aromatic carbocycles. The Hall–Kier alpha value is -3.57. The molecule has 0 atom stereocenters. The SMILES string of the molecule is CCn1cc(/C=C2/Oc3c(ccc(OCc4c(F)cccc4Cl)c3C)C2=O)c2ccccc21. The molecule has 0 radical (unpaired) electrons. The number of ether oxygens (including phenoxy) is 2. The van der Waals surface area contributed by atoms with E-state index in [2.05, 4.69) is 17.6 Å².